The van der Waals surface area contributed by atoms with E-state index in [1.807, 2.05) is 38.1 Å². The van der Waals surface area contributed by atoms with Gasteiger partial charge >= 0.3 is 0 Å². The number of rotatable bonds is 7. The van der Waals surface area contributed by atoms with Crippen LogP contribution < -0.4 is 4.74 Å². The summed E-state index contributed by atoms with van der Waals surface area (Å²) < 4.78 is 6.84. The molecule has 1 atom stereocenters. The number of aryl methyl sites for hydroxylation is 2. The van der Waals surface area contributed by atoms with Gasteiger partial charge in [-0.3, -0.25) is 14.3 Å². The maximum atomic E-state index is 13.2. The Morgan fingerprint density at radius 3 is 2.37 bits per heavy atom. The van der Waals surface area contributed by atoms with Crippen LogP contribution in [0.25, 0.3) is 0 Å². The summed E-state index contributed by atoms with van der Waals surface area (Å²) in [6.45, 7) is 6.03. The molecule has 1 unspecified atom stereocenters. The van der Waals surface area contributed by atoms with Crippen LogP contribution in [0.15, 0.2) is 24.3 Å². The van der Waals surface area contributed by atoms with E-state index in [1.54, 1.807) is 30.7 Å². The van der Waals surface area contributed by atoms with Gasteiger partial charge in [-0.25, -0.2) is 0 Å². The smallest absolute Gasteiger partial charge is 0.295 e. The summed E-state index contributed by atoms with van der Waals surface area (Å²) >= 11 is 0. The van der Waals surface area contributed by atoms with E-state index in [2.05, 4.69) is 5.10 Å². The summed E-state index contributed by atoms with van der Waals surface area (Å²) in [5.41, 5.74) is 2.71. The number of carbonyl (C=O) groups is 2. The van der Waals surface area contributed by atoms with Crippen LogP contribution in [0.3, 0.4) is 0 Å². The molecule has 27 heavy (non-hydrogen) atoms. The minimum absolute atomic E-state index is 0.0286. The molecule has 6 heteroatoms. The lowest BCUT2D eigenvalue weighted by atomic mass is 10.0. The number of benzene rings is 1. The van der Waals surface area contributed by atoms with Crippen LogP contribution in [0, 0.1) is 19.8 Å². The van der Waals surface area contributed by atoms with Crippen molar-refractivity contribution in [2.45, 2.75) is 46.2 Å². The summed E-state index contributed by atoms with van der Waals surface area (Å²) in [5, 5.41) is 4.28. The van der Waals surface area contributed by atoms with E-state index < -0.39 is 11.7 Å². The van der Waals surface area contributed by atoms with Crippen LogP contribution in [-0.4, -0.2) is 39.5 Å². The second-order valence-electron chi connectivity index (χ2n) is 7.36. The first kappa shape index (κ1) is 19.1. The highest BCUT2D eigenvalue weighted by Gasteiger charge is 2.37. The van der Waals surface area contributed by atoms with Crippen molar-refractivity contribution < 1.29 is 14.3 Å². The Kier molecular flexibility index (Phi) is 5.35. The predicted octanol–water partition coefficient (Wildman–Crippen LogP) is 3.06. The largest absolute Gasteiger partial charge is 0.497 e. The molecule has 1 heterocycles. The van der Waals surface area contributed by atoms with Gasteiger partial charge in [0.2, 0.25) is 0 Å². The van der Waals surface area contributed by atoms with Crippen LogP contribution in [-0.2, 0) is 18.4 Å². The van der Waals surface area contributed by atoms with Gasteiger partial charge in [-0.2, -0.15) is 5.10 Å². The van der Waals surface area contributed by atoms with Gasteiger partial charge in [0.1, 0.15) is 5.75 Å². The molecular formula is C21H27N3O3. The molecule has 2 aromatic rings. The van der Waals surface area contributed by atoms with E-state index in [0.29, 0.717) is 29.4 Å². The van der Waals surface area contributed by atoms with Crippen molar-refractivity contribution in [1.82, 2.24) is 14.7 Å². The van der Waals surface area contributed by atoms with Crippen molar-refractivity contribution in [3.63, 3.8) is 0 Å². The van der Waals surface area contributed by atoms with Crippen molar-refractivity contribution in [1.29, 1.82) is 0 Å². The molecule has 1 amide bonds. The summed E-state index contributed by atoms with van der Waals surface area (Å²) in [6, 6.07) is 7.64. The van der Waals surface area contributed by atoms with Gasteiger partial charge in [0.15, 0.2) is 0 Å². The number of amides is 1. The zero-order chi connectivity index (χ0) is 19.7. The molecule has 0 N–H and O–H groups in total. The van der Waals surface area contributed by atoms with Crippen LogP contribution in [0.5, 0.6) is 5.75 Å². The summed E-state index contributed by atoms with van der Waals surface area (Å²) in [7, 11) is 3.41. The van der Waals surface area contributed by atoms with Gasteiger partial charge in [-0.1, -0.05) is 12.1 Å². The first-order valence-corrected chi connectivity index (χ1v) is 9.32. The third kappa shape index (κ3) is 3.89. The number of aromatic nitrogens is 2. The summed E-state index contributed by atoms with van der Waals surface area (Å²) in [5.74, 6) is 0.309. The lowest BCUT2D eigenvalue weighted by molar-refractivity contribution is -0.129. The van der Waals surface area contributed by atoms with Crippen LogP contribution in [0.2, 0.25) is 0 Å². The highest BCUT2D eigenvalue weighted by molar-refractivity contribution is 6.43. The number of ether oxygens (including phenoxy) is 1. The second kappa shape index (κ2) is 7.55. The minimum Gasteiger partial charge on any atom is -0.497 e. The number of carbonyl (C=O) groups excluding carboxylic acids is 2. The molecule has 0 radical (unpaired) electrons. The SMILES string of the molecule is COc1ccc(CN(C(=O)C(=O)c2c(C)nn(C)c2C)C(C)C2CC2)cc1. The van der Waals surface area contributed by atoms with E-state index in [0.717, 1.165) is 24.2 Å². The Bertz CT molecular complexity index is 850. The van der Waals surface area contributed by atoms with Crippen LogP contribution >= 0.6 is 0 Å². The number of methoxy groups -OCH3 is 1. The van der Waals surface area contributed by atoms with E-state index in [1.165, 1.54) is 0 Å². The number of hydrogen-bond donors (Lipinski definition) is 0. The average molecular weight is 369 g/mol. The maximum Gasteiger partial charge on any atom is 0.295 e. The highest BCUT2D eigenvalue weighted by atomic mass is 16.5. The molecule has 3 rings (SSSR count). The predicted molar refractivity (Wildman–Crippen MR) is 103 cm³/mol. The Balaban J connectivity index is 1.87. The van der Waals surface area contributed by atoms with Crippen molar-refractivity contribution in [2.24, 2.45) is 13.0 Å². The molecule has 144 valence electrons. The molecule has 1 fully saturated rings. The van der Waals surface area contributed by atoms with Crippen LogP contribution in [0.1, 0.15) is 47.1 Å². The molecule has 1 aliphatic rings. The number of nitrogens with zero attached hydrogens (tertiary/aromatic N) is 3. The Labute approximate surface area is 160 Å². The normalized spacial score (nSPS) is 14.7. The van der Waals surface area contributed by atoms with Gasteiger partial charge in [-0.15, -0.1) is 0 Å². The van der Waals surface area contributed by atoms with Gasteiger partial charge < -0.3 is 9.64 Å². The van der Waals surface area contributed by atoms with Gasteiger partial charge in [0.05, 0.1) is 18.4 Å². The fourth-order valence-electron chi connectivity index (χ4n) is 3.50. The standard InChI is InChI=1S/C21H27N3O3/c1-13-19(15(3)23(4)22-13)20(25)21(26)24(14(2)17-8-9-17)12-16-6-10-18(27-5)11-7-16/h6-7,10-11,14,17H,8-9,12H2,1-5H3. The third-order valence-corrected chi connectivity index (χ3v) is 5.50. The minimum atomic E-state index is -0.473. The molecule has 0 aliphatic heterocycles. The Hall–Kier alpha value is -2.63. The van der Waals surface area contributed by atoms with E-state index in [9.17, 15) is 9.59 Å². The zero-order valence-corrected chi connectivity index (χ0v) is 16.7. The van der Waals surface area contributed by atoms with Gasteiger partial charge in [0.25, 0.3) is 11.7 Å². The molecule has 1 aromatic carbocycles. The lowest BCUT2D eigenvalue weighted by Gasteiger charge is -2.29. The fourth-order valence-corrected chi connectivity index (χ4v) is 3.50. The quantitative estimate of drug-likeness (QED) is 0.556. The summed E-state index contributed by atoms with van der Waals surface area (Å²) in [4.78, 5) is 27.9. The molecular weight excluding hydrogens is 342 g/mol. The summed E-state index contributed by atoms with van der Waals surface area (Å²) in [6.07, 6.45) is 2.21. The Morgan fingerprint density at radius 2 is 1.89 bits per heavy atom. The zero-order valence-electron chi connectivity index (χ0n) is 16.7. The average Bonchev–Trinajstić information content (AvgIpc) is 3.47. The third-order valence-electron chi connectivity index (χ3n) is 5.50. The number of hydrogen-bond acceptors (Lipinski definition) is 4. The van der Waals surface area contributed by atoms with Crippen molar-refractivity contribution in [3.8, 4) is 5.75 Å². The molecule has 0 saturated heterocycles. The topological polar surface area (TPSA) is 64.4 Å². The van der Waals surface area contributed by atoms with Crippen molar-refractivity contribution in [2.75, 3.05) is 7.11 Å². The van der Waals surface area contributed by atoms with E-state index >= 15 is 0 Å². The Morgan fingerprint density at radius 1 is 1.26 bits per heavy atom. The van der Waals surface area contributed by atoms with E-state index in [-0.39, 0.29) is 6.04 Å². The number of ketones is 1. The van der Waals surface area contributed by atoms with Gasteiger partial charge in [0, 0.05) is 25.3 Å². The fraction of sp³-hybridized carbons (Fsp3) is 0.476. The molecule has 1 aliphatic carbocycles. The van der Waals surface area contributed by atoms with Crippen molar-refractivity contribution >= 4 is 11.7 Å². The monoisotopic (exact) mass is 369 g/mol. The molecule has 1 aromatic heterocycles. The highest BCUT2D eigenvalue weighted by Crippen LogP contribution is 2.36. The first-order valence-electron chi connectivity index (χ1n) is 9.32. The molecule has 6 nitrogen and oxygen atoms in total. The number of Topliss-reactive ketones (excluding diaryl/α,β-unsaturated/α-hetero) is 1. The first-order chi connectivity index (χ1) is 12.8. The van der Waals surface area contributed by atoms with Gasteiger partial charge in [-0.05, 0) is 57.2 Å². The molecule has 0 spiro atoms. The maximum absolute atomic E-state index is 13.2. The molecule has 1 saturated carbocycles. The molecule has 0 bridgehead atoms. The van der Waals surface area contributed by atoms with E-state index in [4.69, 9.17) is 4.74 Å². The van der Waals surface area contributed by atoms with Crippen molar-refractivity contribution in [3.05, 3.63) is 46.8 Å². The van der Waals surface area contributed by atoms with Crippen LogP contribution in [0.4, 0.5) is 0 Å². The lowest BCUT2D eigenvalue weighted by Crippen LogP contribution is -2.43. The second-order valence-corrected chi connectivity index (χ2v) is 7.36.